The summed E-state index contributed by atoms with van der Waals surface area (Å²) in [5.74, 6) is -0.353. The van der Waals surface area contributed by atoms with Crippen LogP contribution in [0.3, 0.4) is 0 Å². The molecule has 0 aliphatic carbocycles. The highest BCUT2D eigenvalue weighted by Gasteiger charge is 2.30. The molecule has 2 aromatic heterocycles. The molecule has 4 rings (SSSR count). The number of nitrogens with one attached hydrogen (secondary N) is 1. The number of hydrogen-bond donors (Lipinski definition) is 1. The van der Waals surface area contributed by atoms with Gasteiger partial charge in [0.05, 0.1) is 28.4 Å². The van der Waals surface area contributed by atoms with Crippen molar-refractivity contribution in [3.63, 3.8) is 0 Å². The van der Waals surface area contributed by atoms with E-state index in [4.69, 9.17) is 11.6 Å². The first kappa shape index (κ1) is 20.9. The molecule has 9 heteroatoms. The highest BCUT2D eigenvalue weighted by molar-refractivity contribution is 6.30. The SMILES string of the molecule is Cn1ncc2c(C(=O)NCc3cccc(Cl)c3)cc(-c3ccc(C(F)(F)F)cc3)nc21. The van der Waals surface area contributed by atoms with Crippen LogP contribution < -0.4 is 5.32 Å². The van der Waals surface area contributed by atoms with Crippen LogP contribution in [-0.2, 0) is 19.8 Å². The van der Waals surface area contributed by atoms with Gasteiger partial charge in [-0.2, -0.15) is 18.3 Å². The molecule has 0 spiro atoms. The number of pyridine rings is 1. The van der Waals surface area contributed by atoms with Crippen molar-refractivity contribution in [3.05, 3.63) is 82.5 Å². The number of amides is 1. The topological polar surface area (TPSA) is 59.8 Å². The lowest BCUT2D eigenvalue weighted by Crippen LogP contribution is -2.23. The van der Waals surface area contributed by atoms with Gasteiger partial charge in [-0.3, -0.25) is 9.48 Å². The number of benzene rings is 2. The number of hydrogen-bond acceptors (Lipinski definition) is 3. The van der Waals surface area contributed by atoms with Crippen molar-refractivity contribution in [1.29, 1.82) is 0 Å². The zero-order valence-electron chi connectivity index (χ0n) is 16.2. The average Bonchev–Trinajstić information content (AvgIpc) is 3.12. The van der Waals surface area contributed by atoms with E-state index < -0.39 is 11.7 Å². The molecule has 0 aliphatic rings. The lowest BCUT2D eigenvalue weighted by Gasteiger charge is -2.10. The van der Waals surface area contributed by atoms with Gasteiger partial charge in [-0.05, 0) is 35.9 Å². The summed E-state index contributed by atoms with van der Waals surface area (Å²) in [4.78, 5) is 17.4. The predicted octanol–water partition coefficient (Wildman–Crippen LogP) is 5.24. The van der Waals surface area contributed by atoms with E-state index in [0.717, 1.165) is 17.7 Å². The summed E-state index contributed by atoms with van der Waals surface area (Å²) in [5, 5.41) is 8.11. The van der Waals surface area contributed by atoms with Gasteiger partial charge in [-0.25, -0.2) is 4.98 Å². The molecule has 2 heterocycles. The number of alkyl halides is 3. The molecule has 4 aromatic rings. The summed E-state index contributed by atoms with van der Waals surface area (Å²) in [6.45, 7) is 0.263. The van der Waals surface area contributed by atoms with Crippen LogP contribution in [0.1, 0.15) is 21.5 Å². The molecule has 0 aliphatic heterocycles. The van der Waals surface area contributed by atoms with E-state index in [0.29, 0.717) is 32.9 Å². The Morgan fingerprint density at radius 2 is 1.87 bits per heavy atom. The Morgan fingerprint density at radius 3 is 2.55 bits per heavy atom. The molecule has 1 N–H and O–H groups in total. The number of nitrogens with zero attached hydrogens (tertiary/aromatic N) is 3. The molecule has 0 saturated heterocycles. The smallest absolute Gasteiger partial charge is 0.348 e. The van der Waals surface area contributed by atoms with Crippen LogP contribution >= 0.6 is 11.6 Å². The van der Waals surface area contributed by atoms with Gasteiger partial charge in [-0.1, -0.05) is 35.9 Å². The summed E-state index contributed by atoms with van der Waals surface area (Å²) in [6, 6.07) is 13.3. The molecule has 1 amide bonds. The van der Waals surface area contributed by atoms with Gasteiger partial charge in [0.15, 0.2) is 5.65 Å². The second-order valence-corrected chi connectivity index (χ2v) is 7.38. The van der Waals surface area contributed by atoms with Crippen molar-refractivity contribution >= 4 is 28.5 Å². The monoisotopic (exact) mass is 444 g/mol. The van der Waals surface area contributed by atoms with Crippen LogP contribution in [0.5, 0.6) is 0 Å². The van der Waals surface area contributed by atoms with Gasteiger partial charge in [0.25, 0.3) is 5.91 Å². The molecule has 5 nitrogen and oxygen atoms in total. The van der Waals surface area contributed by atoms with Crippen LogP contribution in [0.25, 0.3) is 22.3 Å². The molecule has 0 radical (unpaired) electrons. The number of halogens is 4. The maximum Gasteiger partial charge on any atom is 0.416 e. The number of rotatable bonds is 4. The first-order valence-electron chi connectivity index (χ1n) is 9.25. The molecule has 158 valence electrons. The minimum atomic E-state index is -4.43. The van der Waals surface area contributed by atoms with Gasteiger partial charge in [0.2, 0.25) is 0 Å². The molecule has 0 fully saturated rings. The zero-order valence-corrected chi connectivity index (χ0v) is 17.0. The van der Waals surface area contributed by atoms with E-state index in [1.165, 1.54) is 23.0 Å². The standard InChI is InChI=1S/C22H16ClF3N4O/c1-30-20-18(12-28-30)17(21(31)27-11-13-3-2-4-16(23)9-13)10-19(29-20)14-5-7-15(8-6-14)22(24,25)26/h2-10,12H,11H2,1H3,(H,27,31). The van der Waals surface area contributed by atoms with E-state index in [1.807, 2.05) is 6.07 Å². The van der Waals surface area contributed by atoms with Crippen molar-refractivity contribution in [2.45, 2.75) is 12.7 Å². The lowest BCUT2D eigenvalue weighted by molar-refractivity contribution is -0.137. The molecular weight excluding hydrogens is 429 g/mol. The number of carbonyl (C=O) groups is 1. The van der Waals surface area contributed by atoms with E-state index in [-0.39, 0.29) is 12.5 Å². The minimum absolute atomic E-state index is 0.263. The van der Waals surface area contributed by atoms with Crippen molar-refractivity contribution in [2.24, 2.45) is 7.05 Å². The van der Waals surface area contributed by atoms with E-state index in [9.17, 15) is 18.0 Å². The molecule has 0 saturated carbocycles. The number of carbonyl (C=O) groups excluding carboxylic acids is 1. The Labute approximate surface area is 180 Å². The second-order valence-electron chi connectivity index (χ2n) is 6.95. The van der Waals surface area contributed by atoms with Gasteiger partial charge in [-0.15, -0.1) is 0 Å². The third-order valence-corrected chi connectivity index (χ3v) is 5.03. The third kappa shape index (κ3) is 4.39. The van der Waals surface area contributed by atoms with Crippen molar-refractivity contribution in [3.8, 4) is 11.3 Å². The van der Waals surface area contributed by atoms with Gasteiger partial charge < -0.3 is 5.32 Å². The number of aromatic nitrogens is 3. The summed E-state index contributed by atoms with van der Waals surface area (Å²) < 4.78 is 40.1. The number of aryl methyl sites for hydroxylation is 1. The molecule has 2 aromatic carbocycles. The fourth-order valence-electron chi connectivity index (χ4n) is 3.20. The Bertz CT molecular complexity index is 1270. The Kier molecular flexibility index (Phi) is 5.41. The fraction of sp³-hybridized carbons (Fsp3) is 0.136. The summed E-state index contributed by atoms with van der Waals surface area (Å²) >= 11 is 5.98. The molecule has 0 unspecified atom stereocenters. The minimum Gasteiger partial charge on any atom is -0.348 e. The van der Waals surface area contributed by atoms with E-state index in [2.05, 4.69) is 15.4 Å². The zero-order chi connectivity index (χ0) is 22.2. The highest BCUT2D eigenvalue weighted by Crippen LogP contribution is 2.31. The van der Waals surface area contributed by atoms with Crippen LogP contribution in [0.15, 0.2) is 60.8 Å². The lowest BCUT2D eigenvalue weighted by atomic mass is 10.0. The Balaban J connectivity index is 1.69. The van der Waals surface area contributed by atoms with Crippen molar-refractivity contribution in [1.82, 2.24) is 20.1 Å². The largest absolute Gasteiger partial charge is 0.416 e. The normalized spacial score (nSPS) is 11.6. The van der Waals surface area contributed by atoms with Crippen LogP contribution in [0.2, 0.25) is 5.02 Å². The Hall–Kier alpha value is -3.39. The molecule has 31 heavy (non-hydrogen) atoms. The Morgan fingerprint density at radius 1 is 1.13 bits per heavy atom. The van der Waals surface area contributed by atoms with E-state index in [1.54, 1.807) is 31.3 Å². The second kappa shape index (κ2) is 8.03. The molecule has 0 atom stereocenters. The maximum atomic E-state index is 12.9. The quantitative estimate of drug-likeness (QED) is 0.468. The summed E-state index contributed by atoms with van der Waals surface area (Å²) in [7, 11) is 1.68. The predicted molar refractivity (Wildman–Crippen MR) is 112 cm³/mol. The summed E-state index contributed by atoms with van der Waals surface area (Å²) in [6.07, 6.45) is -2.89. The fourth-order valence-corrected chi connectivity index (χ4v) is 3.42. The van der Waals surface area contributed by atoms with Gasteiger partial charge in [0.1, 0.15) is 0 Å². The van der Waals surface area contributed by atoms with Crippen molar-refractivity contribution in [2.75, 3.05) is 0 Å². The first-order valence-corrected chi connectivity index (χ1v) is 9.63. The van der Waals surface area contributed by atoms with Crippen molar-refractivity contribution < 1.29 is 18.0 Å². The van der Waals surface area contributed by atoms with Gasteiger partial charge in [0, 0.05) is 24.2 Å². The van der Waals surface area contributed by atoms with Crippen LogP contribution in [-0.4, -0.2) is 20.7 Å². The highest BCUT2D eigenvalue weighted by atomic mass is 35.5. The van der Waals surface area contributed by atoms with Crippen LogP contribution in [0, 0.1) is 0 Å². The molecular formula is C22H16ClF3N4O. The van der Waals surface area contributed by atoms with E-state index >= 15 is 0 Å². The first-order chi connectivity index (χ1) is 14.7. The summed E-state index contributed by atoms with van der Waals surface area (Å²) in [5.41, 5.74) is 1.69. The van der Waals surface area contributed by atoms with Crippen LogP contribution in [0.4, 0.5) is 13.2 Å². The maximum absolute atomic E-state index is 12.9. The third-order valence-electron chi connectivity index (χ3n) is 4.80. The molecule has 0 bridgehead atoms. The average molecular weight is 445 g/mol. The number of fused-ring (bicyclic) bond motifs is 1. The van der Waals surface area contributed by atoms with Gasteiger partial charge >= 0.3 is 6.18 Å².